The van der Waals surface area contributed by atoms with Gasteiger partial charge in [0, 0.05) is 42.2 Å². The molecule has 1 aromatic carbocycles. The van der Waals surface area contributed by atoms with Crippen molar-refractivity contribution >= 4 is 17.4 Å². The molecule has 0 spiro atoms. The summed E-state index contributed by atoms with van der Waals surface area (Å²) in [5.74, 6) is 0.387. The van der Waals surface area contributed by atoms with Gasteiger partial charge in [-0.1, -0.05) is 23.7 Å². The third kappa shape index (κ3) is 3.73. The number of nitrogens with zero attached hydrogens (tertiary/aromatic N) is 4. The summed E-state index contributed by atoms with van der Waals surface area (Å²) in [5.41, 5.74) is 10.6. The van der Waals surface area contributed by atoms with Gasteiger partial charge in [-0.05, 0) is 36.6 Å². The highest BCUT2D eigenvalue weighted by molar-refractivity contribution is 6.29. The van der Waals surface area contributed by atoms with Crippen molar-refractivity contribution in [1.82, 2.24) is 25.2 Å². The Labute approximate surface area is 195 Å². The van der Waals surface area contributed by atoms with E-state index in [1.807, 2.05) is 18.2 Å². The lowest BCUT2D eigenvalue weighted by Crippen LogP contribution is -2.65. The van der Waals surface area contributed by atoms with Gasteiger partial charge in [0.05, 0.1) is 7.11 Å². The number of halogens is 2. The van der Waals surface area contributed by atoms with Crippen LogP contribution in [0.2, 0.25) is 5.15 Å². The standard InChI is InChI=1S/C23H23ClFN7O/c1-27-21-17-8-7-16(13-3-5-15(25)6-4-13)20(17)30-23(26,31-21)14-9-18(33-2)22(28-10-14)32-11-19(24)29-12-32/h3-6,9-12,16,30H,7-8,26H2,1-2H3,(H,27,31). The summed E-state index contributed by atoms with van der Waals surface area (Å²) in [5, 5.41) is 7.16. The summed E-state index contributed by atoms with van der Waals surface area (Å²) in [6.45, 7) is 0. The molecule has 0 bridgehead atoms. The van der Waals surface area contributed by atoms with E-state index in [0.717, 1.165) is 35.5 Å². The Bertz CT molecular complexity index is 1270. The number of rotatable bonds is 4. The van der Waals surface area contributed by atoms with Crippen molar-refractivity contribution in [2.45, 2.75) is 24.5 Å². The number of allylic oxidation sites excluding steroid dienone is 1. The second-order valence-corrected chi connectivity index (χ2v) is 8.41. The number of aliphatic imine (C=N–C) groups is 1. The smallest absolute Gasteiger partial charge is 0.191 e. The predicted molar refractivity (Wildman–Crippen MR) is 124 cm³/mol. The fourth-order valence-corrected chi connectivity index (χ4v) is 4.62. The summed E-state index contributed by atoms with van der Waals surface area (Å²) >= 11 is 5.96. The molecule has 2 atom stereocenters. The van der Waals surface area contributed by atoms with Crippen LogP contribution >= 0.6 is 11.6 Å². The second kappa shape index (κ2) is 8.17. The van der Waals surface area contributed by atoms with E-state index in [2.05, 4.69) is 25.6 Å². The maximum Gasteiger partial charge on any atom is 0.191 e. The van der Waals surface area contributed by atoms with Crippen molar-refractivity contribution in [3.05, 3.63) is 82.4 Å². The molecule has 0 saturated heterocycles. The molecule has 0 amide bonds. The number of hydrogen-bond acceptors (Lipinski definition) is 6. The number of hydrogen-bond donors (Lipinski definition) is 3. The zero-order valence-electron chi connectivity index (χ0n) is 18.1. The van der Waals surface area contributed by atoms with Crippen molar-refractivity contribution in [3.8, 4) is 11.6 Å². The van der Waals surface area contributed by atoms with Gasteiger partial charge in [0.25, 0.3) is 0 Å². The number of nitrogens with two attached hydrogens (primary N) is 1. The van der Waals surface area contributed by atoms with Crippen molar-refractivity contribution in [1.29, 1.82) is 0 Å². The van der Waals surface area contributed by atoms with Crippen molar-refractivity contribution < 1.29 is 9.13 Å². The van der Waals surface area contributed by atoms with Gasteiger partial charge in [0.15, 0.2) is 17.4 Å². The first kappa shape index (κ1) is 21.4. The van der Waals surface area contributed by atoms with Crippen LogP contribution in [-0.4, -0.2) is 34.5 Å². The number of amidine groups is 1. The Morgan fingerprint density at radius 3 is 2.73 bits per heavy atom. The van der Waals surface area contributed by atoms with Crippen LogP contribution in [-0.2, 0) is 5.79 Å². The highest BCUT2D eigenvalue weighted by Crippen LogP contribution is 2.42. The Hall–Kier alpha value is -3.43. The average Bonchev–Trinajstić information content (AvgIpc) is 3.44. The van der Waals surface area contributed by atoms with E-state index in [-0.39, 0.29) is 11.7 Å². The number of pyridine rings is 1. The minimum absolute atomic E-state index is 0.0598. The molecule has 2 aromatic heterocycles. The average molecular weight is 468 g/mol. The van der Waals surface area contributed by atoms with Gasteiger partial charge in [-0.3, -0.25) is 15.3 Å². The lowest BCUT2D eigenvalue weighted by atomic mass is 9.94. The number of nitrogens with one attached hydrogen (secondary N) is 2. The van der Waals surface area contributed by atoms with Crippen molar-refractivity contribution in [2.24, 2.45) is 10.7 Å². The minimum Gasteiger partial charge on any atom is -0.493 e. The fourth-order valence-electron chi connectivity index (χ4n) is 4.47. The maximum absolute atomic E-state index is 13.5. The first-order valence-electron chi connectivity index (χ1n) is 10.5. The van der Waals surface area contributed by atoms with Gasteiger partial charge in [-0.25, -0.2) is 14.4 Å². The van der Waals surface area contributed by atoms with Gasteiger partial charge in [-0.15, -0.1) is 0 Å². The molecule has 170 valence electrons. The highest BCUT2D eigenvalue weighted by atomic mass is 35.5. The van der Waals surface area contributed by atoms with Gasteiger partial charge in [-0.2, -0.15) is 0 Å². The van der Waals surface area contributed by atoms with Gasteiger partial charge in [0.1, 0.15) is 23.1 Å². The maximum atomic E-state index is 13.5. The molecule has 2 unspecified atom stereocenters. The molecular weight excluding hydrogens is 445 g/mol. The molecule has 10 heteroatoms. The second-order valence-electron chi connectivity index (χ2n) is 8.02. The Kier molecular flexibility index (Phi) is 5.30. The molecule has 0 fully saturated rings. The predicted octanol–water partition coefficient (Wildman–Crippen LogP) is 3.19. The number of methoxy groups -OCH3 is 1. The quantitative estimate of drug-likeness (QED) is 0.544. The van der Waals surface area contributed by atoms with Crippen LogP contribution in [0.3, 0.4) is 0 Å². The number of aromatic nitrogens is 3. The molecule has 1 aliphatic heterocycles. The highest BCUT2D eigenvalue weighted by Gasteiger charge is 2.42. The zero-order valence-corrected chi connectivity index (χ0v) is 18.9. The topological polar surface area (TPSA) is 102 Å². The molecule has 0 saturated carbocycles. The number of ether oxygens (including phenoxy) is 1. The molecular formula is C23H23ClFN7O. The van der Waals surface area contributed by atoms with Crippen LogP contribution in [0.5, 0.6) is 5.75 Å². The summed E-state index contributed by atoms with van der Waals surface area (Å²) in [6.07, 6.45) is 6.59. The largest absolute Gasteiger partial charge is 0.493 e. The fraction of sp³-hybridized carbons (Fsp3) is 0.261. The van der Waals surface area contributed by atoms with Crippen LogP contribution < -0.4 is 21.1 Å². The summed E-state index contributed by atoms with van der Waals surface area (Å²) in [6, 6.07) is 8.41. The molecule has 3 heterocycles. The molecule has 5 rings (SSSR count). The zero-order chi connectivity index (χ0) is 23.2. The molecule has 1 aliphatic carbocycles. The monoisotopic (exact) mass is 467 g/mol. The first-order valence-corrected chi connectivity index (χ1v) is 10.8. The molecule has 3 aromatic rings. The Morgan fingerprint density at radius 2 is 2.06 bits per heavy atom. The normalized spacial score (nSPS) is 23.3. The van der Waals surface area contributed by atoms with Gasteiger partial charge < -0.3 is 15.4 Å². The molecule has 4 N–H and O–H groups in total. The SMILES string of the molecule is CN=C1NC(N)(c2cnc(-n3cnc(Cl)c3)c(OC)c2)NC2=C1CCC2c1ccc(F)cc1. The van der Waals surface area contributed by atoms with Crippen LogP contribution in [0.1, 0.15) is 29.9 Å². The first-order chi connectivity index (χ1) is 15.9. The third-order valence-corrected chi connectivity index (χ3v) is 6.28. The van der Waals surface area contributed by atoms with Gasteiger partial charge >= 0.3 is 0 Å². The van der Waals surface area contributed by atoms with Crippen molar-refractivity contribution in [2.75, 3.05) is 14.2 Å². The lowest BCUT2D eigenvalue weighted by Gasteiger charge is -2.40. The van der Waals surface area contributed by atoms with E-state index in [4.69, 9.17) is 22.1 Å². The molecule has 0 radical (unpaired) electrons. The van der Waals surface area contributed by atoms with E-state index in [0.29, 0.717) is 22.3 Å². The minimum atomic E-state index is -1.18. The lowest BCUT2D eigenvalue weighted by molar-refractivity contribution is 0.327. The summed E-state index contributed by atoms with van der Waals surface area (Å²) in [4.78, 5) is 13.0. The third-order valence-electron chi connectivity index (χ3n) is 6.09. The van der Waals surface area contributed by atoms with E-state index in [1.165, 1.54) is 12.1 Å². The van der Waals surface area contributed by atoms with Crippen LogP contribution in [0.15, 0.2) is 65.3 Å². The van der Waals surface area contributed by atoms with Crippen LogP contribution in [0.4, 0.5) is 4.39 Å². The van der Waals surface area contributed by atoms with Gasteiger partial charge in [0.2, 0.25) is 0 Å². The number of imidazole rings is 1. The number of benzene rings is 1. The van der Waals surface area contributed by atoms with E-state index < -0.39 is 5.79 Å². The molecule has 33 heavy (non-hydrogen) atoms. The summed E-state index contributed by atoms with van der Waals surface area (Å²) < 4.78 is 20.7. The van der Waals surface area contributed by atoms with E-state index >= 15 is 0 Å². The molecule has 2 aliphatic rings. The van der Waals surface area contributed by atoms with E-state index in [9.17, 15) is 4.39 Å². The van der Waals surface area contributed by atoms with Crippen LogP contribution in [0.25, 0.3) is 5.82 Å². The molecule has 8 nitrogen and oxygen atoms in total. The van der Waals surface area contributed by atoms with E-state index in [1.54, 1.807) is 37.4 Å². The summed E-state index contributed by atoms with van der Waals surface area (Å²) in [7, 11) is 3.30. The Morgan fingerprint density at radius 1 is 1.27 bits per heavy atom. The van der Waals surface area contributed by atoms with Crippen LogP contribution in [0, 0.1) is 5.82 Å². The Balaban J connectivity index is 1.53. The van der Waals surface area contributed by atoms with Crippen molar-refractivity contribution in [3.63, 3.8) is 0 Å².